The fourth-order valence-electron chi connectivity index (χ4n) is 2.21. The lowest BCUT2D eigenvalue weighted by molar-refractivity contribution is -0.150. The average Bonchev–Trinajstić information content (AvgIpc) is 3.21. The predicted molar refractivity (Wildman–Crippen MR) is 84.4 cm³/mol. The number of hydrogen-bond donors (Lipinski definition) is 0. The minimum atomic E-state index is -0.255. The van der Waals surface area contributed by atoms with Crippen molar-refractivity contribution < 1.29 is 14.3 Å². The molecule has 2 aromatic rings. The van der Waals surface area contributed by atoms with Crippen molar-refractivity contribution in [1.82, 2.24) is 15.0 Å². The van der Waals surface area contributed by atoms with Crippen LogP contribution in [0.25, 0.3) is 11.0 Å². The Labute approximate surface area is 136 Å². The van der Waals surface area contributed by atoms with E-state index in [0.29, 0.717) is 12.2 Å². The van der Waals surface area contributed by atoms with Gasteiger partial charge in [-0.05, 0) is 53.2 Å². The second kappa shape index (κ2) is 6.64. The first-order valence-electron chi connectivity index (χ1n) is 7.49. The van der Waals surface area contributed by atoms with Crippen molar-refractivity contribution in [1.29, 1.82) is 0 Å². The van der Waals surface area contributed by atoms with E-state index in [1.54, 1.807) is 0 Å². The monoisotopic (exact) mass is 367 g/mol. The minimum absolute atomic E-state index is 0.0981. The van der Waals surface area contributed by atoms with Gasteiger partial charge in [0.2, 0.25) is 6.79 Å². The summed E-state index contributed by atoms with van der Waals surface area (Å²) in [4.78, 5) is 11.3. The second-order valence-corrected chi connectivity index (χ2v) is 6.28. The van der Waals surface area contributed by atoms with E-state index in [1.807, 2.05) is 23.7 Å². The zero-order valence-corrected chi connectivity index (χ0v) is 14.0. The van der Waals surface area contributed by atoms with Gasteiger partial charge in [0.05, 0.1) is 9.99 Å². The number of benzene rings is 1. The average molecular weight is 368 g/mol. The quantitative estimate of drug-likeness (QED) is 0.554. The Kier molecular flexibility index (Phi) is 4.61. The Morgan fingerprint density at radius 3 is 3.00 bits per heavy atom. The van der Waals surface area contributed by atoms with E-state index in [-0.39, 0.29) is 12.8 Å². The molecule has 1 aliphatic rings. The summed E-state index contributed by atoms with van der Waals surface area (Å²) in [7, 11) is 0. The SMILES string of the molecule is CCCC(=O)OCOc1ccc2c(nnn2CC2CC2)c1Br. The van der Waals surface area contributed by atoms with Gasteiger partial charge in [-0.15, -0.1) is 5.10 Å². The first-order valence-corrected chi connectivity index (χ1v) is 8.28. The maximum atomic E-state index is 11.3. The van der Waals surface area contributed by atoms with Crippen molar-refractivity contribution in [2.45, 2.75) is 39.2 Å². The number of carbonyl (C=O) groups excluding carboxylic acids is 1. The van der Waals surface area contributed by atoms with Crippen LogP contribution in [0.1, 0.15) is 32.6 Å². The third-order valence-corrected chi connectivity index (χ3v) is 4.37. The van der Waals surface area contributed by atoms with Crippen LogP contribution < -0.4 is 4.74 Å². The molecule has 0 atom stereocenters. The van der Waals surface area contributed by atoms with Gasteiger partial charge in [-0.1, -0.05) is 12.1 Å². The molecular formula is C15H18BrN3O3. The van der Waals surface area contributed by atoms with E-state index in [4.69, 9.17) is 9.47 Å². The normalized spacial score (nSPS) is 14.3. The molecule has 1 saturated carbocycles. The molecule has 0 radical (unpaired) electrons. The van der Waals surface area contributed by atoms with Crippen molar-refractivity contribution in [2.24, 2.45) is 5.92 Å². The number of halogens is 1. The van der Waals surface area contributed by atoms with E-state index >= 15 is 0 Å². The van der Waals surface area contributed by atoms with Gasteiger partial charge in [0.25, 0.3) is 0 Å². The lowest BCUT2D eigenvalue weighted by Gasteiger charge is -2.09. The van der Waals surface area contributed by atoms with E-state index in [9.17, 15) is 4.79 Å². The van der Waals surface area contributed by atoms with Gasteiger partial charge >= 0.3 is 5.97 Å². The molecule has 3 rings (SSSR count). The molecule has 0 unspecified atom stereocenters. The third kappa shape index (κ3) is 3.40. The summed E-state index contributed by atoms with van der Waals surface area (Å²) in [5.41, 5.74) is 1.74. The number of fused-ring (bicyclic) bond motifs is 1. The van der Waals surface area contributed by atoms with Gasteiger partial charge in [0, 0.05) is 13.0 Å². The molecule has 22 heavy (non-hydrogen) atoms. The molecule has 6 nitrogen and oxygen atoms in total. The number of esters is 1. The fraction of sp³-hybridized carbons (Fsp3) is 0.533. The van der Waals surface area contributed by atoms with Gasteiger partial charge < -0.3 is 9.47 Å². The molecule has 7 heteroatoms. The van der Waals surface area contributed by atoms with Crippen LogP contribution in [0, 0.1) is 5.92 Å². The second-order valence-electron chi connectivity index (χ2n) is 5.49. The number of aromatic nitrogens is 3. The number of hydrogen-bond acceptors (Lipinski definition) is 5. The Balaban J connectivity index is 1.68. The van der Waals surface area contributed by atoms with Gasteiger partial charge in [0.1, 0.15) is 11.3 Å². The summed E-state index contributed by atoms with van der Waals surface area (Å²) in [6, 6.07) is 3.78. The topological polar surface area (TPSA) is 66.2 Å². The van der Waals surface area contributed by atoms with E-state index < -0.39 is 0 Å². The Morgan fingerprint density at radius 1 is 1.45 bits per heavy atom. The van der Waals surface area contributed by atoms with Gasteiger partial charge in [-0.2, -0.15) is 0 Å². The minimum Gasteiger partial charge on any atom is -0.456 e. The highest BCUT2D eigenvalue weighted by Gasteiger charge is 2.23. The fourth-order valence-corrected chi connectivity index (χ4v) is 2.74. The Bertz CT molecular complexity index is 682. The molecule has 118 valence electrons. The van der Waals surface area contributed by atoms with Gasteiger partial charge in [-0.25, -0.2) is 4.68 Å². The first kappa shape index (κ1) is 15.3. The molecule has 0 bridgehead atoms. The molecule has 1 aliphatic carbocycles. The van der Waals surface area contributed by atoms with E-state index in [2.05, 4.69) is 26.2 Å². The van der Waals surface area contributed by atoms with Crippen LogP contribution >= 0.6 is 15.9 Å². The lowest BCUT2D eigenvalue weighted by atomic mass is 10.3. The van der Waals surface area contributed by atoms with Crippen molar-refractivity contribution in [3.8, 4) is 5.75 Å². The predicted octanol–water partition coefficient (Wildman–Crippen LogP) is 3.28. The van der Waals surface area contributed by atoms with Crippen LogP contribution in [-0.2, 0) is 16.1 Å². The summed E-state index contributed by atoms with van der Waals surface area (Å²) in [5.74, 6) is 1.07. The molecular weight excluding hydrogens is 350 g/mol. The third-order valence-electron chi connectivity index (χ3n) is 3.61. The number of ether oxygens (including phenoxy) is 2. The maximum Gasteiger partial charge on any atom is 0.308 e. The molecule has 1 aromatic heterocycles. The lowest BCUT2D eigenvalue weighted by Crippen LogP contribution is -2.10. The first-order chi connectivity index (χ1) is 10.7. The molecule has 0 N–H and O–H groups in total. The molecule has 0 saturated heterocycles. The molecule has 0 amide bonds. The van der Waals surface area contributed by atoms with Crippen molar-refractivity contribution in [2.75, 3.05) is 6.79 Å². The molecule has 1 aromatic carbocycles. The summed E-state index contributed by atoms with van der Waals surface area (Å²) in [6.07, 6.45) is 3.71. The van der Waals surface area contributed by atoms with Crippen LogP contribution in [0.15, 0.2) is 16.6 Å². The highest BCUT2D eigenvalue weighted by atomic mass is 79.9. The van der Waals surface area contributed by atoms with E-state index in [0.717, 1.165) is 34.4 Å². The Morgan fingerprint density at radius 2 is 2.27 bits per heavy atom. The van der Waals surface area contributed by atoms with Gasteiger partial charge in [0.15, 0.2) is 0 Å². The highest BCUT2D eigenvalue weighted by Crippen LogP contribution is 2.34. The number of nitrogens with zero attached hydrogens (tertiary/aromatic N) is 3. The summed E-state index contributed by atoms with van der Waals surface area (Å²) < 4.78 is 13.2. The van der Waals surface area contributed by atoms with Crippen LogP contribution in [0.4, 0.5) is 0 Å². The highest BCUT2D eigenvalue weighted by molar-refractivity contribution is 9.10. The summed E-state index contributed by atoms with van der Waals surface area (Å²) in [6.45, 7) is 2.74. The molecule has 1 fully saturated rings. The number of carbonyl (C=O) groups is 1. The maximum absolute atomic E-state index is 11.3. The standard InChI is InChI=1S/C15H18BrN3O3/c1-2-3-13(20)22-9-21-12-7-6-11-15(14(12)16)17-18-19(11)8-10-4-5-10/h6-7,10H,2-5,8-9H2,1H3. The van der Waals surface area contributed by atoms with Crippen molar-refractivity contribution in [3.05, 3.63) is 16.6 Å². The van der Waals surface area contributed by atoms with Crippen LogP contribution in [0.3, 0.4) is 0 Å². The molecule has 1 heterocycles. The summed E-state index contributed by atoms with van der Waals surface area (Å²) >= 11 is 3.49. The van der Waals surface area contributed by atoms with E-state index in [1.165, 1.54) is 12.8 Å². The summed E-state index contributed by atoms with van der Waals surface area (Å²) in [5, 5.41) is 8.42. The smallest absolute Gasteiger partial charge is 0.308 e. The Hall–Kier alpha value is -1.63. The van der Waals surface area contributed by atoms with Crippen LogP contribution in [0.2, 0.25) is 0 Å². The zero-order valence-electron chi connectivity index (χ0n) is 12.4. The van der Waals surface area contributed by atoms with Crippen LogP contribution in [0.5, 0.6) is 5.75 Å². The zero-order chi connectivity index (χ0) is 15.5. The van der Waals surface area contributed by atoms with Crippen molar-refractivity contribution >= 4 is 32.9 Å². The molecule has 0 aliphatic heterocycles. The molecule has 0 spiro atoms. The van der Waals surface area contributed by atoms with Gasteiger partial charge in [-0.3, -0.25) is 4.79 Å². The van der Waals surface area contributed by atoms with Crippen molar-refractivity contribution in [3.63, 3.8) is 0 Å². The largest absolute Gasteiger partial charge is 0.456 e. The number of rotatable bonds is 7. The van der Waals surface area contributed by atoms with Crippen LogP contribution in [-0.4, -0.2) is 27.8 Å².